The van der Waals surface area contributed by atoms with Crippen molar-refractivity contribution in [3.63, 3.8) is 0 Å². The van der Waals surface area contributed by atoms with Crippen LogP contribution in [0.1, 0.15) is 21.5 Å². The van der Waals surface area contributed by atoms with Crippen molar-refractivity contribution < 1.29 is 4.79 Å². The average molecular weight is 481 g/mol. The summed E-state index contributed by atoms with van der Waals surface area (Å²) in [5.74, 6) is 0.00651. The maximum atomic E-state index is 13.2. The zero-order valence-corrected chi connectivity index (χ0v) is 20.1. The third-order valence-electron chi connectivity index (χ3n) is 6.66. The molecule has 1 saturated heterocycles. The Morgan fingerprint density at radius 2 is 1.89 bits per heavy atom. The Bertz CT molecular complexity index is 1460. The topological polar surface area (TPSA) is 140 Å². The van der Waals surface area contributed by atoms with Crippen molar-refractivity contribution in [1.29, 1.82) is 5.26 Å². The monoisotopic (exact) mass is 480 g/mol. The summed E-state index contributed by atoms with van der Waals surface area (Å²) in [5.41, 5.74) is 16.9. The molecule has 9 heteroatoms. The number of amides is 1. The van der Waals surface area contributed by atoms with Gasteiger partial charge in [-0.25, -0.2) is 4.98 Å². The first-order valence-electron chi connectivity index (χ1n) is 11.8. The predicted octanol–water partition coefficient (Wildman–Crippen LogP) is 3.27. The van der Waals surface area contributed by atoms with E-state index in [2.05, 4.69) is 38.2 Å². The molecule has 6 N–H and O–H groups in total. The third kappa shape index (κ3) is 4.73. The Kier molecular flexibility index (Phi) is 6.29. The maximum Gasteiger partial charge on any atom is 0.257 e. The number of piperazine rings is 1. The van der Waals surface area contributed by atoms with E-state index in [0.29, 0.717) is 17.1 Å². The summed E-state index contributed by atoms with van der Waals surface area (Å²) in [6.07, 6.45) is 3.46. The number of aromatic nitrogens is 2. The van der Waals surface area contributed by atoms with Crippen LogP contribution in [-0.2, 0) is 6.54 Å². The third-order valence-corrected chi connectivity index (χ3v) is 6.66. The number of rotatable bonds is 5. The molecule has 0 aliphatic carbocycles. The van der Waals surface area contributed by atoms with Crippen LogP contribution in [0.2, 0.25) is 0 Å². The molecule has 1 aliphatic heterocycles. The van der Waals surface area contributed by atoms with Gasteiger partial charge in [0.1, 0.15) is 11.9 Å². The molecule has 5 rings (SSSR count). The quantitative estimate of drug-likeness (QED) is 0.321. The van der Waals surface area contributed by atoms with Gasteiger partial charge in [0, 0.05) is 55.6 Å². The van der Waals surface area contributed by atoms with E-state index < -0.39 is 0 Å². The van der Waals surface area contributed by atoms with E-state index in [1.807, 2.05) is 24.3 Å². The minimum atomic E-state index is -0.376. The van der Waals surface area contributed by atoms with Crippen molar-refractivity contribution in [2.45, 2.75) is 6.54 Å². The van der Waals surface area contributed by atoms with Crippen molar-refractivity contribution in [1.82, 2.24) is 19.8 Å². The van der Waals surface area contributed by atoms with Crippen LogP contribution in [0.4, 0.5) is 17.2 Å². The molecular weight excluding hydrogens is 452 g/mol. The molecule has 1 fully saturated rings. The Hall–Kier alpha value is -4.39. The van der Waals surface area contributed by atoms with Gasteiger partial charge in [-0.1, -0.05) is 12.1 Å². The zero-order valence-electron chi connectivity index (χ0n) is 20.1. The number of hydrogen-bond donors (Lipinski definition) is 4. The Labute approximate surface area is 209 Å². The first-order valence-corrected chi connectivity index (χ1v) is 11.8. The van der Waals surface area contributed by atoms with E-state index in [9.17, 15) is 10.1 Å². The number of anilines is 3. The number of nitrogen functional groups attached to an aromatic ring is 2. The number of H-pyrrole nitrogens is 1. The lowest BCUT2D eigenvalue weighted by Gasteiger charge is -2.32. The van der Waals surface area contributed by atoms with Gasteiger partial charge in [-0.3, -0.25) is 9.69 Å². The van der Waals surface area contributed by atoms with Gasteiger partial charge in [-0.15, -0.1) is 0 Å². The van der Waals surface area contributed by atoms with Gasteiger partial charge < -0.3 is 26.7 Å². The number of fused-ring (bicyclic) bond motifs is 1. The van der Waals surface area contributed by atoms with Gasteiger partial charge in [-0.05, 0) is 48.5 Å². The number of nitrogens with two attached hydrogens (primary N) is 2. The van der Waals surface area contributed by atoms with Crippen LogP contribution in [0.5, 0.6) is 0 Å². The molecule has 2 aromatic carbocycles. The summed E-state index contributed by atoms with van der Waals surface area (Å²) in [7, 11) is 2.14. The fourth-order valence-corrected chi connectivity index (χ4v) is 4.52. The smallest absolute Gasteiger partial charge is 0.257 e. The second kappa shape index (κ2) is 9.70. The maximum absolute atomic E-state index is 13.2. The van der Waals surface area contributed by atoms with E-state index >= 15 is 0 Å². The Morgan fingerprint density at radius 1 is 1.14 bits per heavy atom. The Morgan fingerprint density at radius 3 is 2.61 bits per heavy atom. The van der Waals surface area contributed by atoms with Crippen LogP contribution in [0, 0.1) is 11.3 Å². The molecule has 1 amide bonds. The SMILES string of the molecule is CN1CCN(Cc2ccc(NC(=O)c3cc(-c4c[nH]c5cnc(N)cc45)cc(C#N)c3N)cc2)CC1. The number of nitrogens with one attached hydrogen (secondary N) is 2. The molecule has 36 heavy (non-hydrogen) atoms. The summed E-state index contributed by atoms with van der Waals surface area (Å²) in [6.45, 7) is 5.12. The first-order chi connectivity index (χ1) is 17.4. The molecule has 0 radical (unpaired) electrons. The lowest BCUT2D eigenvalue weighted by atomic mass is 9.97. The van der Waals surface area contributed by atoms with E-state index in [1.54, 1.807) is 30.6 Å². The molecule has 0 spiro atoms. The number of carbonyl (C=O) groups is 1. The summed E-state index contributed by atoms with van der Waals surface area (Å²) < 4.78 is 0. The molecule has 0 bridgehead atoms. The minimum Gasteiger partial charge on any atom is -0.397 e. The number of nitrogens with zero attached hydrogens (tertiary/aromatic N) is 4. The summed E-state index contributed by atoms with van der Waals surface area (Å²) >= 11 is 0. The summed E-state index contributed by atoms with van der Waals surface area (Å²) in [5, 5.41) is 13.4. The molecule has 1 aliphatic rings. The van der Waals surface area contributed by atoms with Crippen molar-refractivity contribution in [2.75, 3.05) is 50.0 Å². The van der Waals surface area contributed by atoms with Gasteiger partial charge in [0.15, 0.2) is 0 Å². The van der Waals surface area contributed by atoms with Crippen LogP contribution in [0.3, 0.4) is 0 Å². The van der Waals surface area contributed by atoms with Gasteiger partial charge >= 0.3 is 0 Å². The lowest BCUT2D eigenvalue weighted by molar-refractivity contribution is 0.102. The summed E-state index contributed by atoms with van der Waals surface area (Å²) in [6, 6.07) is 15.1. The number of benzene rings is 2. The molecule has 2 aromatic heterocycles. The van der Waals surface area contributed by atoms with Crippen molar-refractivity contribution >= 4 is 34.0 Å². The van der Waals surface area contributed by atoms with Crippen molar-refractivity contribution in [2.24, 2.45) is 0 Å². The molecule has 0 unspecified atom stereocenters. The predicted molar refractivity (Wildman–Crippen MR) is 142 cm³/mol. The number of hydrogen-bond acceptors (Lipinski definition) is 7. The number of carbonyl (C=O) groups excluding carboxylic acids is 1. The van der Waals surface area contributed by atoms with E-state index in [1.165, 1.54) is 5.56 Å². The average Bonchev–Trinajstić information content (AvgIpc) is 3.29. The second-order valence-corrected chi connectivity index (χ2v) is 9.18. The van der Waals surface area contributed by atoms with Crippen LogP contribution < -0.4 is 16.8 Å². The highest BCUT2D eigenvalue weighted by molar-refractivity contribution is 6.10. The summed E-state index contributed by atoms with van der Waals surface area (Å²) in [4.78, 5) is 25.2. The van der Waals surface area contributed by atoms with Gasteiger partial charge in [-0.2, -0.15) is 5.26 Å². The molecule has 0 atom stereocenters. The van der Waals surface area contributed by atoms with E-state index in [-0.39, 0.29) is 22.7 Å². The van der Waals surface area contributed by atoms with Crippen LogP contribution in [-0.4, -0.2) is 58.9 Å². The van der Waals surface area contributed by atoms with E-state index in [4.69, 9.17) is 11.5 Å². The molecule has 3 heterocycles. The highest BCUT2D eigenvalue weighted by Gasteiger charge is 2.18. The second-order valence-electron chi connectivity index (χ2n) is 9.18. The molecule has 4 aromatic rings. The number of aromatic amines is 1. The Balaban J connectivity index is 1.38. The van der Waals surface area contributed by atoms with Crippen LogP contribution in [0.15, 0.2) is 54.9 Å². The fourth-order valence-electron chi connectivity index (χ4n) is 4.52. The van der Waals surface area contributed by atoms with Crippen LogP contribution >= 0.6 is 0 Å². The highest BCUT2D eigenvalue weighted by atomic mass is 16.1. The molecular formula is C27H28N8O. The minimum absolute atomic E-state index is 0.145. The normalized spacial score (nSPS) is 14.6. The molecule has 0 saturated carbocycles. The number of nitriles is 1. The molecule has 182 valence electrons. The largest absolute Gasteiger partial charge is 0.397 e. The zero-order chi connectivity index (χ0) is 25.2. The number of pyridine rings is 1. The number of likely N-dealkylation sites (N-methyl/N-ethyl adjacent to an activating group) is 1. The first kappa shape index (κ1) is 23.4. The van der Waals surface area contributed by atoms with Crippen molar-refractivity contribution in [3.05, 3.63) is 71.5 Å². The van der Waals surface area contributed by atoms with Gasteiger partial charge in [0.2, 0.25) is 0 Å². The lowest BCUT2D eigenvalue weighted by Crippen LogP contribution is -2.43. The highest BCUT2D eigenvalue weighted by Crippen LogP contribution is 2.33. The fraction of sp³-hybridized carbons (Fsp3) is 0.222. The van der Waals surface area contributed by atoms with E-state index in [0.717, 1.165) is 49.2 Å². The molecule has 9 nitrogen and oxygen atoms in total. The standard InChI is InChI=1S/C27H28N8O/c1-34-6-8-35(9-7-34)16-17-2-4-20(5-3-17)33-27(36)22-11-18(10-19(13-28)26(22)30)23-14-31-24-15-32-25(29)12-21(23)24/h2-5,10-12,14-15,31H,6-9,16,30H2,1H3,(H2,29,32)(H,33,36). The van der Waals surface area contributed by atoms with Crippen LogP contribution in [0.25, 0.3) is 22.0 Å². The van der Waals surface area contributed by atoms with Gasteiger partial charge in [0.05, 0.1) is 28.5 Å². The van der Waals surface area contributed by atoms with Gasteiger partial charge in [0.25, 0.3) is 5.91 Å². The van der Waals surface area contributed by atoms with Crippen molar-refractivity contribution in [3.8, 4) is 17.2 Å².